The molecule has 2 aromatic rings. The number of nitrogens with one attached hydrogen (secondary N) is 1. The summed E-state index contributed by atoms with van der Waals surface area (Å²) in [6.45, 7) is 0.107. The summed E-state index contributed by atoms with van der Waals surface area (Å²) < 4.78 is 24.4. The van der Waals surface area contributed by atoms with Crippen LogP contribution in [0.25, 0.3) is 0 Å². The van der Waals surface area contributed by atoms with Crippen LogP contribution in [0.3, 0.4) is 0 Å². The fourth-order valence-corrected chi connectivity index (χ4v) is 1.91. The maximum atomic E-state index is 14.0. The third kappa shape index (κ3) is 5.55. The lowest BCUT2D eigenvalue weighted by atomic mass is 10.2. The van der Waals surface area contributed by atoms with Crippen molar-refractivity contribution < 1.29 is 23.5 Å². The number of alkyl carbamates (subject to hydrolysis) is 1. The Balaban J connectivity index is 1.90. The Morgan fingerprint density at radius 2 is 1.96 bits per heavy atom. The molecule has 0 aliphatic carbocycles. The van der Waals surface area contributed by atoms with Crippen molar-refractivity contribution in [2.24, 2.45) is 0 Å². The minimum absolute atomic E-state index is 0.0523. The number of ether oxygens (including phenoxy) is 2. The summed E-state index contributed by atoms with van der Waals surface area (Å²) in [7, 11) is 0. The minimum Gasteiger partial charge on any atom is -0.454 e. The highest BCUT2D eigenvalue weighted by Crippen LogP contribution is 2.26. The second kappa shape index (κ2) is 8.88. The SMILES string of the molecule is O=CCCNC(=O)OCc1ccc(Oc2ccc(Cl)cc2)c(F)c1. The Labute approximate surface area is 143 Å². The van der Waals surface area contributed by atoms with Gasteiger partial charge in [0.15, 0.2) is 11.6 Å². The van der Waals surface area contributed by atoms with Crippen LogP contribution in [0.5, 0.6) is 11.5 Å². The molecule has 24 heavy (non-hydrogen) atoms. The first-order valence-electron chi connectivity index (χ1n) is 7.14. The molecule has 7 heteroatoms. The fraction of sp³-hybridized carbons (Fsp3) is 0.176. The van der Waals surface area contributed by atoms with Crippen LogP contribution >= 0.6 is 11.6 Å². The molecule has 0 saturated carbocycles. The normalized spacial score (nSPS) is 10.1. The van der Waals surface area contributed by atoms with Crippen LogP contribution in [0.15, 0.2) is 42.5 Å². The molecule has 0 aromatic heterocycles. The van der Waals surface area contributed by atoms with Crippen LogP contribution in [-0.4, -0.2) is 18.9 Å². The van der Waals surface area contributed by atoms with Crippen molar-refractivity contribution in [2.45, 2.75) is 13.0 Å². The molecular weight excluding hydrogens is 337 g/mol. The fourth-order valence-electron chi connectivity index (χ4n) is 1.78. The Kier molecular flexibility index (Phi) is 6.57. The van der Waals surface area contributed by atoms with Crippen LogP contribution in [-0.2, 0) is 16.1 Å². The van der Waals surface area contributed by atoms with Crippen molar-refractivity contribution in [1.29, 1.82) is 0 Å². The van der Waals surface area contributed by atoms with Gasteiger partial charge in [0.25, 0.3) is 0 Å². The maximum absolute atomic E-state index is 14.0. The lowest BCUT2D eigenvalue weighted by molar-refractivity contribution is -0.107. The number of halogens is 2. The third-order valence-electron chi connectivity index (χ3n) is 2.94. The molecule has 0 heterocycles. The van der Waals surface area contributed by atoms with Crippen molar-refractivity contribution >= 4 is 24.0 Å². The Hall–Kier alpha value is -2.60. The first kappa shape index (κ1) is 17.7. The van der Waals surface area contributed by atoms with Crippen molar-refractivity contribution in [3.63, 3.8) is 0 Å². The van der Waals surface area contributed by atoms with E-state index in [9.17, 15) is 14.0 Å². The largest absolute Gasteiger partial charge is 0.454 e. The van der Waals surface area contributed by atoms with Crippen LogP contribution in [0.4, 0.5) is 9.18 Å². The number of carbonyl (C=O) groups is 2. The molecule has 0 fully saturated rings. The van der Waals surface area contributed by atoms with Gasteiger partial charge in [0.05, 0.1) is 0 Å². The average molecular weight is 352 g/mol. The second-order valence-corrected chi connectivity index (χ2v) is 5.22. The van der Waals surface area contributed by atoms with Gasteiger partial charge in [0.2, 0.25) is 0 Å². The highest BCUT2D eigenvalue weighted by atomic mass is 35.5. The summed E-state index contributed by atoms with van der Waals surface area (Å²) in [6.07, 6.45) is 0.231. The number of hydrogen-bond donors (Lipinski definition) is 1. The van der Waals surface area contributed by atoms with E-state index in [0.29, 0.717) is 22.6 Å². The van der Waals surface area contributed by atoms with Crippen molar-refractivity contribution in [3.05, 3.63) is 58.9 Å². The van der Waals surface area contributed by atoms with E-state index in [1.165, 1.54) is 12.1 Å². The zero-order valence-electron chi connectivity index (χ0n) is 12.6. The maximum Gasteiger partial charge on any atom is 0.407 e. The van der Waals surface area contributed by atoms with Gasteiger partial charge in [-0.2, -0.15) is 0 Å². The molecule has 0 radical (unpaired) electrons. The third-order valence-corrected chi connectivity index (χ3v) is 3.19. The van der Waals surface area contributed by atoms with Crippen molar-refractivity contribution in [2.75, 3.05) is 6.54 Å². The number of amides is 1. The predicted molar refractivity (Wildman–Crippen MR) is 86.8 cm³/mol. The van der Waals surface area contributed by atoms with Gasteiger partial charge in [-0.1, -0.05) is 17.7 Å². The van der Waals surface area contributed by atoms with Gasteiger partial charge in [0.1, 0.15) is 18.6 Å². The summed E-state index contributed by atoms with van der Waals surface area (Å²) in [5.41, 5.74) is 0.474. The lowest BCUT2D eigenvalue weighted by Gasteiger charge is -2.09. The summed E-state index contributed by atoms with van der Waals surface area (Å²) in [5.74, 6) is -0.0687. The van der Waals surface area contributed by atoms with Gasteiger partial charge in [-0.05, 0) is 42.0 Å². The number of hydrogen-bond acceptors (Lipinski definition) is 4. The van der Waals surface area contributed by atoms with E-state index in [2.05, 4.69) is 5.32 Å². The molecule has 0 spiro atoms. The smallest absolute Gasteiger partial charge is 0.407 e. The predicted octanol–water partition coefficient (Wildman–Crippen LogP) is 4.09. The number of carbonyl (C=O) groups excluding carboxylic acids is 2. The molecule has 0 unspecified atom stereocenters. The number of aldehydes is 1. The molecule has 2 rings (SSSR count). The van der Waals surface area contributed by atoms with Crippen LogP contribution in [0.2, 0.25) is 5.02 Å². The van der Waals surface area contributed by atoms with E-state index in [1.807, 2.05) is 0 Å². The molecule has 1 amide bonds. The number of rotatable bonds is 7. The first-order valence-corrected chi connectivity index (χ1v) is 7.52. The van der Waals surface area contributed by atoms with E-state index in [0.717, 1.165) is 0 Å². The summed E-state index contributed by atoms with van der Waals surface area (Å²) in [5, 5.41) is 2.95. The average Bonchev–Trinajstić information content (AvgIpc) is 2.57. The van der Waals surface area contributed by atoms with Crippen LogP contribution in [0.1, 0.15) is 12.0 Å². The zero-order valence-corrected chi connectivity index (χ0v) is 13.4. The zero-order chi connectivity index (χ0) is 17.4. The van der Waals surface area contributed by atoms with E-state index >= 15 is 0 Å². The second-order valence-electron chi connectivity index (χ2n) is 4.78. The van der Waals surface area contributed by atoms with E-state index in [4.69, 9.17) is 21.1 Å². The minimum atomic E-state index is -0.668. The van der Waals surface area contributed by atoms with Gasteiger partial charge in [0, 0.05) is 18.0 Å². The molecule has 0 aliphatic heterocycles. The summed E-state index contributed by atoms with van der Waals surface area (Å²) >= 11 is 5.77. The number of benzene rings is 2. The monoisotopic (exact) mass is 351 g/mol. The quantitative estimate of drug-likeness (QED) is 0.603. The molecule has 1 N–H and O–H groups in total. The molecule has 0 aliphatic rings. The topological polar surface area (TPSA) is 64.6 Å². The van der Waals surface area contributed by atoms with Gasteiger partial charge < -0.3 is 19.6 Å². The Bertz CT molecular complexity index is 706. The molecule has 0 atom stereocenters. The van der Waals surface area contributed by atoms with Gasteiger partial charge >= 0.3 is 6.09 Å². The van der Waals surface area contributed by atoms with E-state index in [-0.39, 0.29) is 25.3 Å². The lowest BCUT2D eigenvalue weighted by Crippen LogP contribution is -2.25. The summed E-state index contributed by atoms with van der Waals surface area (Å²) in [6, 6.07) is 10.8. The summed E-state index contributed by atoms with van der Waals surface area (Å²) in [4.78, 5) is 21.5. The first-order chi connectivity index (χ1) is 11.6. The van der Waals surface area contributed by atoms with Crippen molar-refractivity contribution in [3.8, 4) is 11.5 Å². The molecule has 2 aromatic carbocycles. The van der Waals surface area contributed by atoms with E-state index < -0.39 is 11.9 Å². The Morgan fingerprint density at radius 1 is 1.21 bits per heavy atom. The van der Waals surface area contributed by atoms with Crippen LogP contribution < -0.4 is 10.1 Å². The van der Waals surface area contributed by atoms with E-state index in [1.54, 1.807) is 30.3 Å². The van der Waals surface area contributed by atoms with Gasteiger partial charge in [-0.3, -0.25) is 0 Å². The highest BCUT2D eigenvalue weighted by Gasteiger charge is 2.08. The standard InChI is InChI=1S/C17H15ClFNO4/c18-13-3-5-14(6-4-13)24-16-7-2-12(10-15(16)19)11-23-17(22)20-8-1-9-21/h2-7,9-10H,1,8,11H2,(H,20,22). The highest BCUT2D eigenvalue weighted by molar-refractivity contribution is 6.30. The molecular formula is C17H15ClFNO4. The van der Waals surface area contributed by atoms with Gasteiger partial charge in [-0.15, -0.1) is 0 Å². The molecule has 0 saturated heterocycles. The molecule has 126 valence electrons. The van der Waals surface area contributed by atoms with Gasteiger partial charge in [-0.25, -0.2) is 9.18 Å². The Morgan fingerprint density at radius 3 is 2.62 bits per heavy atom. The molecule has 0 bridgehead atoms. The van der Waals surface area contributed by atoms with Crippen molar-refractivity contribution in [1.82, 2.24) is 5.32 Å². The van der Waals surface area contributed by atoms with Crippen LogP contribution in [0, 0.1) is 5.82 Å². The molecule has 5 nitrogen and oxygen atoms in total.